The molecule has 0 atom stereocenters. The van der Waals surface area contributed by atoms with Crippen LogP contribution in [0.4, 0.5) is 5.69 Å². The molecule has 0 spiro atoms. The third kappa shape index (κ3) is 2.73. The molecule has 0 saturated carbocycles. The standard InChI is InChI=1S/C10H3Cl2N3O2/c11-8-1-2-9(15(16)17)10(12)7(8)3-6(4-13)5-14/h1-3H. The summed E-state index contributed by atoms with van der Waals surface area (Å²) in [6.45, 7) is 0. The molecule has 0 fully saturated rings. The second kappa shape index (κ2) is 5.31. The van der Waals surface area contributed by atoms with Gasteiger partial charge in [0, 0.05) is 16.7 Å². The van der Waals surface area contributed by atoms with Crippen molar-refractivity contribution >= 4 is 35.0 Å². The number of halogens is 2. The van der Waals surface area contributed by atoms with Gasteiger partial charge < -0.3 is 0 Å². The van der Waals surface area contributed by atoms with E-state index in [9.17, 15) is 10.1 Å². The third-order valence-corrected chi connectivity index (χ3v) is 2.56. The number of nitrogens with zero attached hydrogens (tertiary/aromatic N) is 3. The Morgan fingerprint density at radius 3 is 2.41 bits per heavy atom. The second-order valence-electron chi connectivity index (χ2n) is 2.83. The number of benzene rings is 1. The van der Waals surface area contributed by atoms with E-state index in [1.165, 1.54) is 6.07 Å². The molecule has 1 aromatic rings. The number of nitro benzene ring substituents is 1. The summed E-state index contributed by atoms with van der Waals surface area (Å²) in [5.74, 6) is 0. The Morgan fingerprint density at radius 2 is 1.94 bits per heavy atom. The number of allylic oxidation sites excluding steroid dienone is 1. The molecule has 0 heterocycles. The molecule has 0 aromatic heterocycles. The summed E-state index contributed by atoms with van der Waals surface area (Å²) in [7, 11) is 0. The topological polar surface area (TPSA) is 90.7 Å². The van der Waals surface area contributed by atoms with Gasteiger partial charge in [0.05, 0.1) is 4.92 Å². The molecule has 0 aliphatic carbocycles. The highest BCUT2D eigenvalue weighted by Gasteiger charge is 2.17. The van der Waals surface area contributed by atoms with Crippen LogP contribution in [0.25, 0.3) is 6.08 Å². The van der Waals surface area contributed by atoms with Crippen LogP contribution in [-0.2, 0) is 0 Å². The van der Waals surface area contributed by atoms with Crippen molar-refractivity contribution in [2.45, 2.75) is 0 Å². The van der Waals surface area contributed by atoms with Crippen LogP contribution < -0.4 is 0 Å². The Hall–Kier alpha value is -2.08. The first-order valence-corrected chi connectivity index (χ1v) is 4.91. The van der Waals surface area contributed by atoms with Gasteiger partial charge in [-0.2, -0.15) is 10.5 Å². The minimum absolute atomic E-state index is 0.0839. The minimum atomic E-state index is -0.672. The average molecular weight is 268 g/mol. The first-order chi connectivity index (χ1) is 8.01. The smallest absolute Gasteiger partial charge is 0.258 e. The quantitative estimate of drug-likeness (QED) is 0.467. The number of nitro groups is 1. The monoisotopic (exact) mass is 267 g/mol. The molecule has 0 unspecified atom stereocenters. The van der Waals surface area contributed by atoms with E-state index in [-0.39, 0.29) is 26.9 Å². The van der Waals surface area contributed by atoms with Gasteiger partial charge in [-0.05, 0) is 12.1 Å². The van der Waals surface area contributed by atoms with Crippen LogP contribution in [0.3, 0.4) is 0 Å². The van der Waals surface area contributed by atoms with Crippen LogP contribution in [0.15, 0.2) is 17.7 Å². The van der Waals surface area contributed by atoms with Gasteiger partial charge in [-0.1, -0.05) is 23.2 Å². The molecule has 0 bridgehead atoms. The molecular weight excluding hydrogens is 265 g/mol. The molecule has 1 rings (SSSR count). The fraction of sp³-hybridized carbons (Fsp3) is 0. The van der Waals surface area contributed by atoms with Gasteiger partial charge in [0.1, 0.15) is 22.7 Å². The molecule has 0 N–H and O–H groups in total. The van der Waals surface area contributed by atoms with Crippen molar-refractivity contribution in [2.24, 2.45) is 0 Å². The number of hydrogen-bond donors (Lipinski definition) is 0. The molecule has 0 saturated heterocycles. The highest BCUT2D eigenvalue weighted by Crippen LogP contribution is 2.34. The van der Waals surface area contributed by atoms with Gasteiger partial charge in [0.25, 0.3) is 5.69 Å². The average Bonchev–Trinajstić information content (AvgIpc) is 2.29. The van der Waals surface area contributed by atoms with Gasteiger partial charge in [-0.25, -0.2) is 0 Å². The maximum Gasteiger partial charge on any atom is 0.288 e. The normalized spacial score (nSPS) is 8.94. The number of rotatable bonds is 2. The SMILES string of the molecule is N#CC(C#N)=Cc1c(Cl)ccc([N+](=O)[O-])c1Cl. The summed E-state index contributed by atoms with van der Waals surface area (Å²) in [5.41, 5.74) is -0.493. The lowest BCUT2D eigenvalue weighted by Crippen LogP contribution is -1.91. The molecule has 17 heavy (non-hydrogen) atoms. The van der Waals surface area contributed by atoms with E-state index in [1.54, 1.807) is 12.1 Å². The van der Waals surface area contributed by atoms with Gasteiger partial charge in [0.2, 0.25) is 0 Å². The Bertz CT molecular complexity index is 581. The molecular formula is C10H3Cl2N3O2. The van der Waals surface area contributed by atoms with E-state index < -0.39 is 4.92 Å². The van der Waals surface area contributed by atoms with Gasteiger partial charge in [-0.15, -0.1) is 0 Å². The van der Waals surface area contributed by atoms with Crippen LogP contribution in [0.2, 0.25) is 10.0 Å². The predicted molar refractivity (Wildman–Crippen MR) is 62.3 cm³/mol. The van der Waals surface area contributed by atoms with E-state index in [4.69, 9.17) is 33.7 Å². The first-order valence-electron chi connectivity index (χ1n) is 4.15. The van der Waals surface area contributed by atoms with Gasteiger partial charge in [0.15, 0.2) is 0 Å². The van der Waals surface area contributed by atoms with Crippen molar-refractivity contribution in [2.75, 3.05) is 0 Å². The summed E-state index contributed by atoms with van der Waals surface area (Å²) in [6, 6.07) is 5.67. The molecule has 0 aliphatic rings. The van der Waals surface area contributed by atoms with Gasteiger partial charge in [-0.3, -0.25) is 10.1 Å². The fourth-order valence-electron chi connectivity index (χ4n) is 1.07. The maximum absolute atomic E-state index is 10.6. The highest BCUT2D eigenvalue weighted by molar-refractivity contribution is 6.38. The lowest BCUT2D eigenvalue weighted by molar-refractivity contribution is -0.384. The third-order valence-electron chi connectivity index (χ3n) is 1.83. The zero-order valence-corrected chi connectivity index (χ0v) is 9.66. The summed E-state index contributed by atoms with van der Waals surface area (Å²) in [6.07, 6.45) is 1.11. The molecule has 5 nitrogen and oxygen atoms in total. The van der Waals surface area contributed by atoms with Crippen LogP contribution in [-0.4, -0.2) is 4.92 Å². The van der Waals surface area contributed by atoms with Crippen LogP contribution >= 0.6 is 23.2 Å². The fourth-order valence-corrected chi connectivity index (χ4v) is 1.61. The summed E-state index contributed by atoms with van der Waals surface area (Å²) in [5, 5.41) is 27.7. The van der Waals surface area contributed by atoms with E-state index in [2.05, 4.69) is 0 Å². The summed E-state index contributed by atoms with van der Waals surface area (Å²) in [4.78, 5) is 9.97. The molecule has 0 aliphatic heterocycles. The zero-order valence-electron chi connectivity index (χ0n) is 8.15. The highest BCUT2D eigenvalue weighted by atomic mass is 35.5. The van der Waals surface area contributed by atoms with Crippen molar-refractivity contribution in [1.29, 1.82) is 10.5 Å². The molecule has 0 radical (unpaired) electrons. The van der Waals surface area contributed by atoms with Crippen molar-refractivity contribution in [3.05, 3.63) is 43.4 Å². The van der Waals surface area contributed by atoms with E-state index >= 15 is 0 Å². The minimum Gasteiger partial charge on any atom is -0.258 e. The summed E-state index contributed by atoms with van der Waals surface area (Å²) < 4.78 is 0. The Kier molecular flexibility index (Phi) is 4.06. The van der Waals surface area contributed by atoms with Crippen LogP contribution in [0.5, 0.6) is 0 Å². The first kappa shape index (κ1) is 13.0. The lowest BCUT2D eigenvalue weighted by atomic mass is 10.1. The van der Waals surface area contributed by atoms with Crippen molar-refractivity contribution in [1.82, 2.24) is 0 Å². The lowest BCUT2D eigenvalue weighted by Gasteiger charge is -2.02. The predicted octanol–water partition coefficient (Wildman–Crippen LogP) is 3.33. The second-order valence-corrected chi connectivity index (χ2v) is 3.62. The molecule has 84 valence electrons. The van der Waals surface area contributed by atoms with E-state index in [1.807, 2.05) is 0 Å². The van der Waals surface area contributed by atoms with Crippen molar-refractivity contribution in [3.63, 3.8) is 0 Å². The molecule has 7 heteroatoms. The van der Waals surface area contributed by atoms with Crippen molar-refractivity contribution < 1.29 is 4.92 Å². The van der Waals surface area contributed by atoms with Crippen LogP contribution in [0.1, 0.15) is 5.56 Å². The molecule has 1 aromatic carbocycles. The molecule has 0 amide bonds. The van der Waals surface area contributed by atoms with E-state index in [0.29, 0.717) is 0 Å². The number of nitriles is 2. The Morgan fingerprint density at radius 1 is 1.35 bits per heavy atom. The largest absolute Gasteiger partial charge is 0.288 e. The summed E-state index contributed by atoms with van der Waals surface area (Å²) >= 11 is 11.6. The van der Waals surface area contributed by atoms with Gasteiger partial charge >= 0.3 is 0 Å². The van der Waals surface area contributed by atoms with Crippen LogP contribution in [0, 0.1) is 32.8 Å². The number of hydrogen-bond acceptors (Lipinski definition) is 4. The van der Waals surface area contributed by atoms with E-state index in [0.717, 1.165) is 12.1 Å². The maximum atomic E-state index is 10.6. The Labute approximate surface area is 106 Å². The van der Waals surface area contributed by atoms with Crippen molar-refractivity contribution in [3.8, 4) is 12.1 Å². The zero-order chi connectivity index (χ0) is 13.0. The Balaban J connectivity index is 3.50.